The number of nitrogens with zero attached hydrogens (tertiary/aromatic N) is 1. The van der Waals surface area contributed by atoms with Gasteiger partial charge in [-0.05, 0) is 26.2 Å². The maximum atomic E-state index is 11.4. The van der Waals surface area contributed by atoms with Crippen molar-refractivity contribution in [3.63, 3.8) is 0 Å². The number of nitrogens with two attached hydrogens (primary N) is 1. The van der Waals surface area contributed by atoms with Crippen LogP contribution < -0.4 is 16.0 Å². The molecule has 0 radical (unpaired) electrons. The van der Waals surface area contributed by atoms with Gasteiger partial charge in [0.25, 0.3) is 5.56 Å². The predicted octanol–water partition coefficient (Wildman–Crippen LogP) is 1.15. The van der Waals surface area contributed by atoms with Gasteiger partial charge >= 0.3 is 0 Å². The minimum Gasteiger partial charge on any atom is -0.476 e. The quantitative estimate of drug-likeness (QED) is 0.805. The van der Waals surface area contributed by atoms with Crippen molar-refractivity contribution in [1.29, 1.82) is 0 Å². The number of nitrogens with one attached hydrogen (secondary N) is 1. The van der Waals surface area contributed by atoms with Gasteiger partial charge in [0.1, 0.15) is 12.4 Å². The molecule has 0 saturated heterocycles. The molecule has 5 nitrogen and oxygen atoms in total. The summed E-state index contributed by atoms with van der Waals surface area (Å²) in [5, 5.41) is 0. The highest BCUT2D eigenvalue weighted by Crippen LogP contribution is 2.37. The Bertz CT molecular complexity index is 449. The van der Waals surface area contributed by atoms with Crippen LogP contribution in [0.1, 0.15) is 44.9 Å². The molecule has 1 atom stereocenters. The Balaban J connectivity index is 2.07. The lowest BCUT2D eigenvalue weighted by Gasteiger charge is -2.22. The van der Waals surface area contributed by atoms with E-state index in [1.165, 1.54) is 6.07 Å². The van der Waals surface area contributed by atoms with E-state index < -0.39 is 0 Å². The van der Waals surface area contributed by atoms with Crippen molar-refractivity contribution in [1.82, 2.24) is 9.97 Å². The van der Waals surface area contributed by atoms with Crippen LogP contribution in [0, 0.1) is 0 Å². The summed E-state index contributed by atoms with van der Waals surface area (Å²) in [7, 11) is 0. The second kappa shape index (κ2) is 4.49. The van der Waals surface area contributed by atoms with Gasteiger partial charge in [0.2, 0.25) is 5.88 Å². The molecule has 1 aromatic rings. The van der Waals surface area contributed by atoms with Crippen molar-refractivity contribution in [3.8, 4) is 5.88 Å². The fraction of sp³-hybridized carbons (Fsp3) is 0.667. The van der Waals surface area contributed by atoms with Crippen molar-refractivity contribution in [2.75, 3.05) is 6.61 Å². The third-order valence-corrected chi connectivity index (χ3v) is 3.06. The first kappa shape index (κ1) is 12.1. The van der Waals surface area contributed by atoms with Crippen LogP contribution in [-0.4, -0.2) is 22.1 Å². The first-order valence-electron chi connectivity index (χ1n) is 6.03. The van der Waals surface area contributed by atoms with E-state index in [0.29, 0.717) is 18.4 Å². The Kier molecular flexibility index (Phi) is 3.19. The molecular weight excluding hydrogens is 218 g/mol. The fourth-order valence-electron chi connectivity index (χ4n) is 1.42. The molecule has 1 fully saturated rings. The molecule has 1 heterocycles. The smallest absolute Gasteiger partial charge is 0.254 e. The molecule has 3 N–H and O–H groups in total. The molecule has 0 amide bonds. The van der Waals surface area contributed by atoms with E-state index in [0.717, 1.165) is 25.1 Å². The Morgan fingerprint density at radius 3 is 2.94 bits per heavy atom. The minimum atomic E-state index is -0.385. The number of aromatic amines is 1. The predicted molar refractivity (Wildman–Crippen MR) is 65.2 cm³/mol. The number of hydrogen-bond acceptors (Lipinski definition) is 4. The van der Waals surface area contributed by atoms with Gasteiger partial charge in [0.05, 0.1) is 6.07 Å². The van der Waals surface area contributed by atoms with E-state index in [1.807, 2.05) is 13.8 Å². The van der Waals surface area contributed by atoms with E-state index >= 15 is 0 Å². The van der Waals surface area contributed by atoms with Gasteiger partial charge in [-0.2, -0.15) is 4.98 Å². The van der Waals surface area contributed by atoms with E-state index in [9.17, 15) is 4.79 Å². The third-order valence-electron chi connectivity index (χ3n) is 3.06. The summed E-state index contributed by atoms with van der Waals surface area (Å²) in [4.78, 5) is 18.5. The van der Waals surface area contributed by atoms with Crippen LogP contribution in [0.4, 0.5) is 0 Å². The second-order valence-corrected chi connectivity index (χ2v) is 5.04. The molecule has 1 unspecified atom stereocenters. The van der Waals surface area contributed by atoms with Crippen molar-refractivity contribution < 1.29 is 4.74 Å². The van der Waals surface area contributed by atoms with Gasteiger partial charge in [-0.25, -0.2) is 0 Å². The highest BCUT2D eigenvalue weighted by atomic mass is 16.5. The summed E-state index contributed by atoms with van der Waals surface area (Å²) in [5.41, 5.74) is 5.43. The highest BCUT2D eigenvalue weighted by molar-refractivity contribution is 5.14. The third kappa shape index (κ3) is 3.30. The molecule has 1 aliphatic rings. The number of rotatable bonds is 5. The number of hydrogen-bond donors (Lipinski definition) is 2. The molecule has 1 aliphatic carbocycles. The average molecular weight is 237 g/mol. The van der Waals surface area contributed by atoms with Crippen molar-refractivity contribution in [2.45, 2.75) is 44.6 Å². The normalized spacial score (nSPS) is 18.8. The number of ether oxygens (including phenoxy) is 1. The summed E-state index contributed by atoms with van der Waals surface area (Å²) >= 11 is 0. The molecule has 5 heteroatoms. The van der Waals surface area contributed by atoms with Gasteiger partial charge in [-0.15, -0.1) is 0 Å². The lowest BCUT2D eigenvalue weighted by Crippen LogP contribution is -2.41. The summed E-state index contributed by atoms with van der Waals surface area (Å²) in [6, 6.07) is 1.37. The molecule has 0 aliphatic heterocycles. The topological polar surface area (TPSA) is 81.0 Å². The molecule has 0 spiro atoms. The first-order valence-corrected chi connectivity index (χ1v) is 6.03. The number of aromatic nitrogens is 2. The van der Waals surface area contributed by atoms with Crippen LogP contribution in [-0.2, 0) is 0 Å². The van der Waals surface area contributed by atoms with E-state index in [2.05, 4.69) is 9.97 Å². The standard InChI is InChI=1S/C12H19N3O2/c1-3-12(2,13)7-17-10-6-9(16)14-11(15-10)8-4-5-8/h6,8H,3-5,7,13H2,1-2H3,(H,14,15,16). The first-order chi connectivity index (χ1) is 8.00. The van der Waals surface area contributed by atoms with Crippen LogP contribution >= 0.6 is 0 Å². The largest absolute Gasteiger partial charge is 0.476 e. The minimum absolute atomic E-state index is 0.160. The maximum absolute atomic E-state index is 11.4. The van der Waals surface area contributed by atoms with Gasteiger partial charge in [0.15, 0.2) is 0 Å². The summed E-state index contributed by atoms with van der Waals surface area (Å²) in [5.74, 6) is 1.52. The molecular formula is C12H19N3O2. The average Bonchev–Trinajstić information content (AvgIpc) is 3.10. The highest BCUT2D eigenvalue weighted by Gasteiger charge is 2.27. The zero-order chi connectivity index (χ0) is 12.5. The zero-order valence-electron chi connectivity index (χ0n) is 10.3. The molecule has 1 aromatic heterocycles. The van der Waals surface area contributed by atoms with Crippen LogP contribution in [0.5, 0.6) is 5.88 Å². The van der Waals surface area contributed by atoms with Crippen LogP contribution in [0.15, 0.2) is 10.9 Å². The summed E-state index contributed by atoms with van der Waals surface area (Å²) in [6.45, 7) is 4.29. The Hall–Kier alpha value is -1.36. The molecule has 2 rings (SSSR count). The van der Waals surface area contributed by atoms with E-state index in [-0.39, 0.29) is 11.1 Å². The molecule has 94 valence electrons. The van der Waals surface area contributed by atoms with Gasteiger partial charge < -0.3 is 15.5 Å². The van der Waals surface area contributed by atoms with Crippen LogP contribution in [0.25, 0.3) is 0 Å². The Labute approximate surface area is 100 Å². The molecule has 17 heavy (non-hydrogen) atoms. The summed E-state index contributed by atoms with van der Waals surface area (Å²) in [6.07, 6.45) is 3.00. The SMILES string of the molecule is CCC(C)(N)COc1cc(=O)[nH]c(C2CC2)n1. The van der Waals surface area contributed by atoms with Gasteiger partial charge in [-0.1, -0.05) is 6.92 Å². The lowest BCUT2D eigenvalue weighted by atomic mass is 10.0. The van der Waals surface area contributed by atoms with E-state index in [1.54, 1.807) is 0 Å². The van der Waals surface area contributed by atoms with Crippen LogP contribution in [0.2, 0.25) is 0 Å². The van der Waals surface area contributed by atoms with Crippen LogP contribution in [0.3, 0.4) is 0 Å². The molecule has 0 aromatic carbocycles. The van der Waals surface area contributed by atoms with E-state index in [4.69, 9.17) is 10.5 Å². The van der Waals surface area contributed by atoms with Gasteiger partial charge in [0, 0.05) is 11.5 Å². The Morgan fingerprint density at radius 2 is 2.35 bits per heavy atom. The van der Waals surface area contributed by atoms with Crippen molar-refractivity contribution in [2.24, 2.45) is 5.73 Å². The Morgan fingerprint density at radius 1 is 1.65 bits per heavy atom. The maximum Gasteiger partial charge on any atom is 0.254 e. The fourth-order valence-corrected chi connectivity index (χ4v) is 1.42. The van der Waals surface area contributed by atoms with Gasteiger partial charge in [-0.3, -0.25) is 4.79 Å². The molecule has 0 bridgehead atoms. The monoisotopic (exact) mass is 237 g/mol. The number of H-pyrrole nitrogens is 1. The summed E-state index contributed by atoms with van der Waals surface area (Å²) < 4.78 is 5.50. The molecule has 1 saturated carbocycles. The second-order valence-electron chi connectivity index (χ2n) is 5.04. The van der Waals surface area contributed by atoms with Crippen molar-refractivity contribution in [3.05, 3.63) is 22.2 Å². The lowest BCUT2D eigenvalue weighted by molar-refractivity contribution is 0.217. The van der Waals surface area contributed by atoms with Crippen molar-refractivity contribution >= 4 is 0 Å². The zero-order valence-corrected chi connectivity index (χ0v) is 10.3.